The summed E-state index contributed by atoms with van der Waals surface area (Å²) in [5, 5.41) is 32.4. The lowest BCUT2D eigenvalue weighted by molar-refractivity contribution is -0.192. The molecule has 47 heavy (non-hydrogen) atoms. The molecule has 3 rings (SSSR count). The predicted molar refractivity (Wildman–Crippen MR) is 167 cm³/mol. The average Bonchev–Trinajstić information content (AvgIpc) is 3.08. The number of benzene rings is 2. The zero-order chi connectivity index (χ0) is 35.4. The number of rotatable bonds is 15. The van der Waals surface area contributed by atoms with Crippen molar-refractivity contribution >= 4 is 27.7 Å². The van der Waals surface area contributed by atoms with Gasteiger partial charge in [-0.1, -0.05) is 69.9 Å². The summed E-state index contributed by atoms with van der Waals surface area (Å²) >= 11 is 0. The van der Waals surface area contributed by atoms with Gasteiger partial charge in [0, 0.05) is 23.7 Å². The van der Waals surface area contributed by atoms with Gasteiger partial charge >= 0.3 is 24.1 Å². The van der Waals surface area contributed by atoms with Crippen molar-refractivity contribution in [3.05, 3.63) is 59.2 Å². The molecule has 11 nitrogen and oxygen atoms in total. The Morgan fingerprint density at radius 3 is 1.98 bits per heavy atom. The molecule has 1 heterocycles. The van der Waals surface area contributed by atoms with Crippen LogP contribution in [0.3, 0.4) is 0 Å². The number of carboxylic acids is 3. The van der Waals surface area contributed by atoms with Crippen LogP contribution in [0.25, 0.3) is 0 Å². The summed E-state index contributed by atoms with van der Waals surface area (Å²) in [6, 6.07) is 12.0. The van der Waals surface area contributed by atoms with Gasteiger partial charge in [0.05, 0.1) is 36.6 Å². The highest BCUT2D eigenvalue weighted by atomic mass is 32.2. The van der Waals surface area contributed by atoms with E-state index in [2.05, 4.69) is 24.5 Å². The second kappa shape index (κ2) is 17.5. The molecular formula is C32H43F3N2O9S. The summed E-state index contributed by atoms with van der Waals surface area (Å²) < 4.78 is 65.7. The third kappa shape index (κ3) is 11.8. The highest BCUT2D eigenvalue weighted by Crippen LogP contribution is 2.41. The minimum atomic E-state index is -5.08. The second-order valence-corrected chi connectivity index (χ2v) is 13.5. The summed E-state index contributed by atoms with van der Waals surface area (Å²) in [4.78, 5) is 31.7. The summed E-state index contributed by atoms with van der Waals surface area (Å²) in [6.45, 7) is 4.26. The van der Waals surface area contributed by atoms with Gasteiger partial charge in [-0.3, -0.25) is 14.9 Å². The van der Waals surface area contributed by atoms with Gasteiger partial charge in [-0.2, -0.15) is 13.2 Å². The Morgan fingerprint density at radius 1 is 1.00 bits per heavy atom. The Labute approximate surface area is 272 Å². The molecule has 1 unspecified atom stereocenters. The zero-order valence-electron chi connectivity index (χ0n) is 26.6. The summed E-state index contributed by atoms with van der Waals surface area (Å²) in [5.41, 5.74) is 1.47. The maximum Gasteiger partial charge on any atom is 0.490 e. The van der Waals surface area contributed by atoms with Crippen molar-refractivity contribution < 1.29 is 56.0 Å². The molecule has 0 radical (unpaired) electrons. The van der Waals surface area contributed by atoms with Crippen molar-refractivity contribution in [3.8, 4) is 5.75 Å². The van der Waals surface area contributed by atoms with Crippen LogP contribution in [-0.4, -0.2) is 72.3 Å². The van der Waals surface area contributed by atoms with E-state index < -0.39 is 45.5 Å². The highest BCUT2D eigenvalue weighted by molar-refractivity contribution is 7.91. The fourth-order valence-electron chi connectivity index (χ4n) is 5.55. The van der Waals surface area contributed by atoms with Crippen LogP contribution in [0.4, 0.5) is 13.2 Å². The first-order chi connectivity index (χ1) is 22.0. The molecule has 2 aromatic rings. The summed E-state index contributed by atoms with van der Waals surface area (Å²) in [7, 11) is -2.25. The molecule has 0 spiro atoms. The maximum atomic E-state index is 14.1. The number of sulfone groups is 1. The number of carbonyl (C=O) groups is 3. The number of alkyl halides is 3. The van der Waals surface area contributed by atoms with Crippen molar-refractivity contribution in [1.82, 2.24) is 10.6 Å². The Bertz CT molecular complexity index is 1440. The van der Waals surface area contributed by atoms with Gasteiger partial charge in [-0.25, -0.2) is 13.2 Å². The monoisotopic (exact) mass is 688 g/mol. The van der Waals surface area contributed by atoms with Gasteiger partial charge in [-0.15, -0.1) is 0 Å². The number of methoxy groups -OCH3 is 1. The first-order valence-electron chi connectivity index (χ1n) is 15.2. The van der Waals surface area contributed by atoms with Crippen LogP contribution in [-0.2, 0) is 30.8 Å². The fourth-order valence-corrected chi connectivity index (χ4v) is 7.67. The third-order valence-corrected chi connectivity index (χ3v) is 9.75. The molecule has 5 N–H and O–H groups in total. The number of ether oxygens (including phenoxy) is 1. The zero-order valence-corrected chi connectivity index (χ0v) is 27.4. The summed E-state index contributed by atoms with van der Waals surface area (Å²) in [5.74, 6) is -4.59. The van der Waals surface area contributed by atoms with Crippen LogP contribution in [0.1, 0.15) is 87.9 Å². The number of nitrogens with one attached hydrogen (secondary N) is 2. The van der Waals surface area contributed by atoms with Gasteiger partial charge in [0.1, 0.15) is 5.75 Å². The van der Waals surface area contributed by atoms with Crippen molar-refractivity contribution in [2.24, 2.45) is 0 Å². The Kier molecular flexibility index (Phi) is 14.7. The largest absolute Gasteiger partial charge is 0.496 e. The van der Waals surface area contributed by atoms with Crippen LogP contribution in [0, 0.1) is 0 Å². The molecule has 2 aromatic carbocycles. The lowest BCUT2D eigenvalue weighted by atomic mass is 9.86. The van der Waals surface area contributed by atoms with Gasteiger partial charge in [-0.05, 0) is 36.1 Å². The van der Waals surface area contributed by atoms with Crippen LogP contribution in [0.15, 0.2) is 47.4 Å². The number of fused-ring (bicyclic) bond motifs is 1. The van der Waals surface area contributed by atoms with Crippen LogP contribution in [0.2, 0.25) is 0 Å². The third-order valence-electron chi connectivity index (χ3n) is 7.79. The quantitative estimate of drug-likeness (QED) is 0.163. The molecular weight excluding hydrogens is 645 g/mol. The molecule has 1 aliphatic heterocycles. The standard InChI is InChI=1S/C30H42N2O7S.C2HF3O2/c1-4-6-13-30(14-7-5-2)20-40(37,38)26-15-22(19-31-23(16-27(33)34)17-28(35)36)25(39-3)18-24(26)29(32-30)21-11-9-8-10-12-21;3-2(4,5)1(6)7/h8-12,15,18,23,29,31-32H,4-7,13-14,16-17,19-20H2,1-3H3,(H,33,34)(H,35,36);(H,6,7). The molecule has 0 aliphatic carbocycles. The Morgan fingerprint density at radius 2 is 1.53 bits per heavy atom. The lowest BCUT2D eigenvalue weighted by Crippen LogP contribution is -2.50. The topological polar surface area (TPSA) is 179 Å². The van der Waals surface area contributed by atoms with E-state index >= 15 is 0 Å². The number of halogens is 3. The number of unbranched alkanes of at least 4 members (excludes halogenated alkanes) is 2. The molecule has 0 amide bonds. The van der Waals surface area contributed by atoms with Crippen LogP contribution < -0.4 is 15.4 Å². The molecule has 0 fully saturated rings. The van der Waals surface area contributed by atoms with E-state index in [-0.39, 0.29) is 36.1 Å². The van der Waals surface area contributed by atoms with Gasteiger partial charge in [0.15, 0.2) is 9.84 Å². The Hall–Kier alpha value is -3.69. The van der Waals surface area contributed by atoms with E-state index in [0.717, 1.165) is 44.1 Å². The SMILES string of the molecule is CCCCC1(CCCC)CS(=O)(=O)c2cc(CNC(CC(=O)O)CC(=O)O)c(OC)cc2C(c2ccccc2)N1.O=C(O)C(F)(F)F. The van der Waals surface area contributed by atoms with Gasteiger partial charge in [0.2, 0.25) is 0 Å². The highest BCUT2D eigenvalue weighted by Gasteiger charge is 2.43. The first kappa shape index (κ1) is 39.5. The molecule has 0 saturated carbocycles. The van der Waals surface area contributed by atoms with E-state index in [1.165, 1.54) is 7.11 Å². The average molecular weight is 689 g/mol. The number of hydrogen-bond acceptors (Lipinski definition) is 8. The van der Waals surface area contributed by atoms with Crippen molar-refractivity contribution in [2.45, 2.75) is 100 Å². The first-order valence-corrected chi connectivity index (χ1v) is 16.9. The molecule has 0 bridgehead atoms. The molecule has 1 atom stereocenters. The smallest absolute Gasteiger partial charge is 0.490 e. The van der Waals surface area contributed by atoms with E-state index in [9.17, 15) is 41.4 Å². The Balaban J connectivity index is 0.000000984. The molecule has 15 heteroatoms. The number of aliphatic carboxylic acids is 3. The summed E-state index contributed by atoms with van der Waals surface area (Å²) in [6.07, 6.45) is -0.667. The minimum absolute atomic E-state index is 0.0316. The normalized spacial score (nSPS) is 16.7. The van der Waals surface area contributed by atoms with E-state index in [1.807, 2.05) is 30.3 Å². The lowest BCUT2D eigenvalue weighted by Gasteiger charge is -2.37. The minimum Gasteiger partial charge on any atom is -0.496 e. The molecule has 0 aromatic heterocycles. The predicted octanol–water partition coefficient (Wildman–Crippen LogP) is 5.32. The van der Waals surface area contributed by atoms with Gasteiger partial charge < -0.3 is 25.4 Å². The number of hydrogen-bond donors (Lipinski definition) is 5. The van der Waals surface area contributed by atoms with Crippen molar-refractivity contribution in [1.29, 1.82) is 0 Å². The van der Waals surface area contributed by atoms with E-state index in [1.54, 1.807) is 12.1 Å². The van der Waals surface area contributed by atoms with Crippen molar-refractivity contribution in [3.63, 3.8) is 0 Å². The van der Waals surface area contributed by atoms with E-state index in [0.29, 0.717) is 16.9 Å². The number of carboxylic acid groups (broad SMARTS) is 3. The van der Waals surface area contributed by atoms with Crippen LogP contribution >= 0.6 is 0 Å². The van der Waals surface area contributed by atoms with Gasteiger partial charge in [0.25, 0.3) is 0 Å². The molecule has 262 valence electrons. The van der Waals surface area contributed by atoms with Crippen molar-refractivity contribution in [2.75, 3.05) is 12.9 Å². The fraction of sp³-hybridized carbons (Fsp3) is 0.531. The van der Waals surface area contributed by atoms with Crippen LogP contribution in [0.5, 0.6) is 5.75 Å². The molecule has 0 saturated heterocycles. The molecule has 1 aliphatic rings. The van der Waals surface area contributed by atoms with E-state index in [4.69, 9.17) is 14.6 Å². The maximum absolute atomic E-state index is 14.1. The second-order valence-electron chi connectivity index (χ2n) is 11.5.